The third-order valence-corrected chi connectivity index (χ3v) is 7.41. The first-order valence-electron chi connectivity index (χ1n) is 9.34. The van der Waals surface area contributed by atoms with Crippen molar-refractivity contribution >= 4 is 11.8 Å². The molecule has 0 fully saturated rings. The van der Waals surface area contributed by atoms with Gasteiger partial charge in [-0.3, -0.25) is 0 Å². The second-order valence-corrected chi connectivity index (χ2v) is 8.69. The zero-order chi connectivity index (χ0) is 20.1. The minimum absolute atomic E-state index is 0. The van der Waals surface area contributed by atoms with Crippen LogP contribution in [0, 0.1) is 27.7 Å². The maximum Gasteiger partial charge on any atom is -1.00 e. The molecule has 0 spiro atoms. The van der Waals surface area contributed by atoms with E-state index in [9.17, 15) is 9.59 Å². The molecular formula is C22H28F2N2O2Ti. The summed E-state index contributed by atoms with van der Waals surface area (Å²) in [7, 11) is 0. The molecule has 0 heterocycles. The van der Waals surface area contributed by atoms with E-state index in [2.05, 4.69) is 0 Å². The summed E-state index contributed by atoms with van der Waals surface area (Å²) >= 11 is -1.08. The first-order valence-corrected chi connectivity index (χ1v) is 10.7. The predicted molar refractivity (Wildman–Crippen MR) is 105 cm³/mol. The molecule has 0 atom stereocenters. The Bertz CT molecular complexity index is 789. The normalized spacial score (nSPS) is 9.59. The first kappa shape index (κ1) is 27.0. The van der Waals surface area contributed by atoms with Gasteiger partial charge in [-0.25, -0.2) is 0 Å². The van der Waals surface area contributed by atoms with Crippen molar-refractivity contribution in [1.29, 1.82) is 0 Å². The van der Waals surface area contributed by atoms with Gasteiger partial charge in [-0.2, -0.15) is 0 Å². The Hall–Kier alpha value is -2.05. The summed E-state index contributed by atoms with van der Waals surface area (Å²) in [6, 6.07) is 11.6. The summed E-state index contributed by atoms with van der Waals surface area (Å²) in [6.45, 7) is 13.1. The van der Waals surface area contributed by atoms with Crippen LogP contribution in [0.15, 0.2) is 36.4 Å². The molecule has 0 bridgehead atoms. The van der Waals surface area contributed by atoms with Gasteiger partial charge in [0.1, 0.15) is 0 Å². The Kier molecular flexibility index (Phi) is 11.0. The number of halogens is 2. The molecular weight excluding hydrogens is 410 g/mol. The zero-order valence-electron chi connectivity index (χ0n) is 17.8. The molecule has 0 radical (unpaired) electrons. The molecule has 0 aliphatic rings. The van der Waals surface area contributed by atoms with E-state index in [0.29, 0.717) is 13.1 Å². The summed E-state index contributed by atoms with van der Waals surface area (Å²) in [6.07, 6.45) is 0. The van der Waals surface area contributed by atoms with Crippen LogP contribution in [0.2, 0.25) is 0 Å². The zero-order valence-corrected chi connectivity index (χ0v) is 19.4. The van der Waals surface area contributed by atoms with Crippen LogP contribution < -0.4 is 9.41 Å². The topological polar surface area (TPSA) is 40.6 Å². The second kappa shape index (κ2) is 11.8. The van der Waals surface area contributed by atoms with E-state index in [1.807, 2.05) is 84.7 Å². The number of nitrogens with zero attached hydrogens (tertiary/aromatic N) is 2. The van der Waals surface area contributed by atoms with Crippen LogP contribution in [0.25, 0.3) is 0 Å². The predicted octanol–water partition coefficient (Wildman–Crippen LogP) is -1.53. The standard InChI is InChI=1S/2C11H15NO.2FH.Ti/c2*1-4-12-11(13)10-7-5-6-8(2)9(10)3;;;/h2*5-7H,4H2,1-3H3,(H,12,13);2*1H;/q;;;;+4/p-4. The number of carbonyl (C=O) groups is 2. The van der Waals surface area contributed by atoms with E-state index in [1.54, 1.807) is 0 Å². The molecule has 2 rings (SSSR count). The maximum atomic E-state index is 13.1. The van der Waals surface area contributed by atoms with Crippen molar-refractivity contribution in [2.75, 3.05) is 13.1 Å². The van der Waals surface area contributed by atoms with Crippen LogP contribution in [-0.4, -0.2) is 31.7 Å². The van der Waals surface area contributed by atoms with Crippen LogP contribution in [0.4, 0.5) is 0 Å². The molecule has 2 aromatic rings. The number of hydrogen-bond acceptors (Lipinski definition) is 2. The number of aryl methyl sites for hydroxylation is 2. The van der Waals surface area contributed by atoms with Crippen molar-refractivity contribution in [2.24, 2.45) is 0 Å². The minimum Gasteiger partial charge on any atom is -1.00 e. The van der Waals surface area contributed by atoms with E-state index in [0.717, 1.165) is 33.4 Å². The molecule has 2 amide bonds. The summed E-state index contributed by atoms with van der Waals surface area (Å²) in [5.41, 5.74) is 5.70. The Morgan fingerprint density at radius 1 is 0.724 bits per heavy atom. The van der Waals surface area contributed by atoms with E-state index >= 15 is 0 Å². The largest absolute Gasteiger partial charge is 1.00 e. The van der Waals surface area contributed by atoms with Gasteiger partial charge in [-0.05, 0) is 0 Å². The number of rotatable bonds is 6. The molecule has 0 unspecified atom stereocenters. The molecule has 0 aliphatic heterocycles. The summed E-state index contributed by atoms with van der Waals surface area (Å²) in [4.78, 5) is 26.2. The van der Waals surface area contributed by atoms with Gasteiger partial charge in [0.2, 0.25) is 0 Å². The fourth-order valence-electron chi connectivity index (χ4n) is 2.92. The van der Waals surface area contributed by atoms with E-state index in [1.165, 1.54) is 0 Å². The molecule has 4 nitrogen and oxygen atoms in total. The number of amides is 2. The molecule has 156 valence electrons. The molecule has 29 heavy (non-hydrogen) atoms. The van der Waals surface area contributed by atoms with Gasteiger partial charge in [0.05, 0.1) is 0 Å². The monoisotopic (exact) mass is 438 g/mol. The number of hydrogen-bond donors (Lipinski definition) is 0. The van der Waals surface area contributed by atoms with Crippen LogP contribution in [0.5, 0.6) is 0 Å². The molecule has 2 aromatic carbocycles. The smallest absolute Gasteiger partial charge is 1.00 e. The summed E-state index contributed by atoms with van der Waals surface area (Å²) in [5.74, 6) is 0.0387. The minimum atomic E-state index is -1.08. The van der Waals surface area contributed by atoms with Gasteiger partial charge < -0.3 is 9.41 Å². The van der Waals surface area contributed by atoms with Crippen molar-refractivity contribution in [2.45, 2.75) is 41.5 Å². The average Bonchev–Trinajstić information content (AvgIpc) is 2.66. The van der Waals surface area contributed by atoms with E-state index < -0.39 is 19.7 Å². The first-order chi connectivity index (χ1) is 12.8. The molecule has 0 aliphatic carbocycles. The van der Waals surface area contributed by atoms with Crippen LogP contribution in [-0.2, 0) is 19.7 Å². The summed E-state index contributed by atoms with van der Waals surface area (Å²) in [5, 5.41) is 0. The summed E-state index contributed by atoms with van der Waals surface area (Å²) < 4.78 is 3.71. The second-order valence-electron chi connectivity index (χ2n) is 6.69. The fraction of sp³-hybridized carbons (Fsp3) is 0.364. The van der Waals surface area contributed by atoms with Crippen molar-refractivity contribution < 1.29 is 38.7 Å². The van der Waals surface area contributed by atoms with Crippen LogP contribution >= 0.6 is 0 Å². The number of carbonyl (C=O) groups excluding carboxylic acids is 2. The van der Waals surface area contributed by atoms with Crippen LogP contribution in [0.1, 0.15) is 56.8 Å². The Morgan fingerprint density at radius 3 is 1.38 bits per heavy atom. The van der Waals surface area contributed by atoms with Crippen molar-refractivity contribution in [3.8, 4) is 0 Å². The van der Waals surface area contributed by atoms with Crippen LogP contribution in [0.3, 0.4) is 0 Å². The average molecular weight is 438 g/mol. The molecule has 0 aromatic heterocycles. The van der Waals surface area contributed by atoms with Gasteiger partial charge >= 0.3 is 172 Å². The molecule has 0 saturated heterocycles. The third kappa shape index (κ3) is 5.97. The fourth-order valence-corrected chi connectivity index (χ4v) is 4.48. The Balaban J connectivity index is 0.00000392. The Morgan fingerprint density at radius 2 is 1.07 bits per heavy atom. The van der Waals surface area contributed by atoms with Crippen molar-refractivity contribution in [3.05, 3.63) is 69.8 Å². The quantitative estimate of drug-likeness (QED) is 0.514. The third-order valence-electron chi connectivity index (χ3n) is 5.03. The van der Waals surface area contributed by atoms with E-state index in [4.69, 9.17) is 0 Å². The SMILES string of the molecule is CC[N]([Ti+2][N](CC)C(=O)c1cccc(C)c1C)C(=O)c1cccc(C)c1C.[F-].[F-]. The van der Waals surface area contributed by atoms with Gasteiger partial charge in [0.15, 0.2) is 0 Å². The van der Waals surface area contributed by atoms with Gasteiger partial charge in [0.25, 0.3) is 0 Å². The van der Waals surface area contributed by atoms with E-state index in [-0.39, 0.29) is 21.2 Å². The molecule has 0 N–H and O–H groups in total. The molecule has 0 saturated carbocycles. The van der Waals surface area contributed by atoms with Gasteiger partial charge in [0, 0.05) is 0 Å². The van der Waals surface area contributed by atoms with Crippen molar-refractivity contribution in [3.63, 3.8) is 0 Å². The maximum absolute atomic E-state index is 13.1. The van der Waals surface area contributed by atoms with Crippen molar-refractivity contribution in [1.82, 2.24) is 6.76 Å². The Labute approximate surface area is 181 Å². The van der Waals surface area contributed by atoms with Gasteiger partial charge in [-0.1, -0.05) is 0 Å². The van der Waals surface area contributed by atoms with Gasteiger partial charge in [-0.15, -0.1) is 0 Å². The molecule has 7 heteroatoms. The number of benzene rings is 2.